The second-order valence-corrected chi connectivity index (χ2v) is 4.80. The Morgan fingerprint density at radius 2 is 2.32 bits per heavy atom. The first kappa shape index (κ1) is 13.4. The van der Waals surface area contributed by atoms with Gasteiger partial charge in [-0.15, -0.1) is 0 Å². The minimum Gasteiger partial charge on any atom is -0.380 e. The predicted octanol–water partition coefficient (Wildman–Crippen LogP) is 2.60. The van der Waals surface area contributed by atoms with Crippen molar-refractivity contribution >= 4 is 5.69 Å². The summed E-state index contributed by atoms with van der Waals surface area (Å²) in [5.41, 5.74) is -0.543. The van der Waals surface area contributed by atoms with Crippen molar-refractivity contribution in [3.8, 4) is 6.07 Å². The Labute approximate surface area is 109 Å². The van der Waals surface area contributed by atoms with Crippen molar-refractivity contribution in [1.29, 1.82) is 5.26 Å². The maximum absolute atomic E-state index is 13.4. The number of nitro benzene ring substituents is 1. The Morgan fingerprint density at radius 1 is 1.53 bits per heavy atom. The van der Waals surface area contributed by atoms with Gasteiger partial charge in [0.05, 0.1) is 29.1 Å². The molecule has 1 aliphatic rings. The van der Waals surface area contributed by atoms with Crippen molar-refractivity contribution in [1.82, 2.24) is 0 Å². The maximum Gasteiger partial charge on any atom is 0.272 e. The molecule has 1 aromatic rings. The van der Waals surface area contributed by atoms with E-state index in [4.69, 9.17) is 4.74 Å². The molecule has 0 bridgehead atoms. The minimum atomic E-state index is -0.708. The fourth-order valence-electron chi connectivity index (χ4n) is 2.35. The standard InChI is InChI=1S/C13H13FN2O3/c14-11-4-10(5-12(6-11)16(17)18)7-13(8-15)2-1-3-19-9-13/h4-6H,1-3,7,9H2. The van der Waals surface area contributed by atoms with E-state index in [1.165, 1.54) is 12.1 Å². The molecule has 1 aliphatic heterocycles. The first-order valence-electron chi connectivity index (χ1n) is 5.97. The number of nitro groups is 1. The van der Waals surface area contributed by atoms with Crippen molar-refractivity contribution in [2.45, 2.75) is 19.3 Å². The van der Waals surface area contributed by atoms with E-state index in [2.05, 4.69) is 6.07 Å². The largest absolute Gasteiger partial charge is 0.380 e. The number of non-ortho nitro benzene ring substituents is 1. The topological polar surface area (TPSA) is 76.2 Å². The third kappa shape index (κ3) is 3.06. The molecular weight excluding hydrogens is 251 g/mol. The lowest BCUT2D eigenvalue weighted by atomic mass is 9.78. The number of halogens is 1. The summed E-state index contributed by atoms with van der Waals surface area (Å²) in [5.74, 6) is -0.658. The van der Waals surface area contributed by atoms with Crippen molar-refractivity contribution in [2.75, 3.05) is 13.2 Å². The molecule has 1 unspecified atom stereocenters. The van der Waals surface area contributed by atoms with Gasteiger partial charge < -0.3 is 4.74 Å². The molecule has 19 heavy (non-hydrogen) atoms. The average molecular weight is 264 g/mol. The lowest BCUT2D eigenvalue weighted by Crippen LogP contribution is -2.32. The zero-order valence-electron chi connectivity index (χ0n) is 10.3. The monoisotopic (exact) mass is 264 g/mol. The van der Waals surface area contributed by atoms with Gasteiger partial charge in [0.2, 0.25) is 0 Å². The maximum atomic E-state index is 13.4. The zero-order chi connectivity index (χ0) is 13.9. The Bertz CT molecular complexity index is 533. The minimum absolute atomic E-state index is 0.266. The first-order chi connectivity index (χ1) is 9.04. The molecule has 1 heterocycles. The quantitative estimate of drug-likeness (QED) is 0.621. The highest BCUT2D eigenvalue weighted by molar-refractivity contribution is 5.36. The van der Waals surface area contributed by atoms with Gasteiger partial charge in [-0.3, -0.25) is 10.1 Å². The van der Waals surface area contributed by atoms with Gasteiger partial charge in [-0.2, -0.15) is 5.26 Å². The number of nitrogens with zero attached hydrogens (tertiary/aromatic N) is 2. The van der Waals surface area contributed by atoms with Crippen LogP contribution >= 0.6 is 0 Å². The van der Waals surface area contributed by atoms with E-state index in [1.54, 1.807) is 0 Å². The fourth-order valence-corrected chi connectivity index (χ4v) is 2.35. The zero-order valence-corrected chi connectivity index (χ0v) is 10.3. The van der Waals surface area contributed by atoms with Crippen molar-refractivity contribution in [3.05, 3.63) is 39.7 Å². The Morgan fingerprint density at radius 3 is 2.89 bits per heavy atom. The normalized spacial score (nSPS) is 22.7. The molecule has 0 amide bonds. The molecule has 2 rings (SSSR count). The molecule has 1 aromatic carbocycles. The van der Waals surface area contributed by atoms with Crippen LogP contribution in [0.2, 0.25) is 0 Å². The van der Waals surface area contributed by atoms with Gasteiger partial charge in [-0.25, -0.2) is 4.39 Å². The molecule has 1 fully saturated rings. The summed E-state index contributed by atoms with van der Waals surface area (Å²) in [6.07, 6.45) is 1.70. The second-order valence-electron chi connectivity index (χ2n) is 4.80. The van der Waals surface area contributed by atoms with Crippen LogP contribution in [0.1, 0.15) is 18.4 Å². The molecule has 1 atom stereocenters. The summed E-state index contributed by atoms with van der Waals surface area (Å²) in [4.78, 5) is 10.1. The smallest absolute Gasteiger partial charge is 0.272 e. The first-order valence-corrected chi connectivity index (χ1v) is 5.97. The van der Waals surface area contributed by atoms with Gasteiger partial charge in [0.25, 0.3) is 5.69 Å². The highest BCUT2D eigenvalue weighted by Crippen LogP contribution is 2.33. The summed E-state index contributed by atoms with van der Waals surface area (Å²) in [5, 5.41) is 20.0. The van der Waals surface area contributed by atoms with E-state index in [-0.39, 0.29) is 18.7 Å². The van der Waals surface area contributed by atoms with Gasteiger partial charge in [0.1, 0.15) is 5.82 Å². The summed E-state index contributed by atoms with van der Waals surface area (Å²) in [7, 11) is 0. The van der Waals surface area contributed by atoms with Crippen LogP contribution in [0.3, 0.4) is 0 Å². The number of hydrogen-bond donors (Lipinski definition) is 0. The SMILES string of the molecule is N#CC1(Cc2cc(F)cc([N+](=O)[O-])c2)CCCOC1. The van der Waals surface area contributed by atoms with Crippen molar-refractivity contribution in [3.63, 3.8) is 0 Å². The van der Waals surface area contributed by atoms with Crippen LogP contribution in [0, 0.1) is 32.7 Å². The van der Waals surface area contributed by atoms with Crippen molar-refractivity contribution < 1.29 is 14.1 Å². The molecule has 6 heteroatoms. The second kappa shape index (κ2) is 5.33. The Kier molecular flexibility index (Phi) is 3.76. The summed E-state index contributed by atoms with van der Waals surface area (Å²) in [6.45, 7) is 0.903. The Balaban J connectivity index is 2.27. The molecular formula is C13H13FN2O3. The average Bonchev–Trinajstić information content (AvgIpc) is 2.39. The summed E-state index contributed by atoms with van der Waals surface area (Å²) >= 11 is 0. The lowest BCUT2D eigenvalue weighted by Gasteiger charge is -2.30. The van der Waals surface area contributed by atoms with E-state index in [1.807, 2.05) is 0 Å². The Hall–Kier alpha value is -2.00. The third-order valence-corrected chi connectivity index (χ3v) is 3.26. The molecule has 0 radical (unpaired) electrons. The molecule has 0 aromatic heterocycles. The van der Waals surface area contributed by atoms with E-state index >= 15 is 0 Å². The molecule has 1 saturated heterocycles. The number of nitriles is 1. The van der Waals surface area contributed by atoms with Gasteiger partial charge in [-0.05, 0) is 30.9 Å². The molecule has 0 spiro atoms. The van der Waals surface area contributed by atoms with Crippen LogP contribution in [-0.4, -0.2) is 18.1 Å². The van der Waals surface area contributed by atoms with E-state index in [0.717, 1.165) is 12.5 Å². The summed E-state index contributed by atoms with van der Waals surface area (Å²) in [6, 6.07) is 5.64. The highest BCUT2D eigenvalue weighted by atomic mass is 19.1. The number of hydrogen-bond acceptors (Lipinski definition) is 4. The molecule has 0 saturated carbocycles. The van der Waals surface area contributed by atoms with Crippen LogP contribution in [-0.2, 0) is 11.2 Å². The van der Waals surface area contributed by atoms with Gasteiger partial charge in [0, 0.05) is 12.7 Å². The van der Waals surface area contributed by atoms with Crippen LogP contribution < -0.4 is 0 Å². The van der Waals surface area contributed by atoms with Gasteiger partial charge >= 0.3 is 0 Å². The number of ether oxygens (including phenoxy) is 1. The highest BCUT2D eigenvalue weighted by Gasteiger charge is 2.33. The van der Waals surface area contributed by atoms with Crippen LogP contribution in [0.5, 0.6) is 0 Å². The van der Waals surface area contributed by atoms with Crippen molar-refractivity contribution in [2.24, 2.45) is 5.41 Å². The number of benzene rings is 1. The lowest BCUT2D eigenvalue weighted by molar-refractivity contribution is -0.385. The van der Waals surface area contributed by atoms with E-state index in [9.17, 15) is 19.8 Å². The third-order valence-electron chi connectivity index (χ3n) is 3.26. The van der Waals surface area contributed by atoms with E-state index < -0.39 is 16.2 Å². The molecule has 0 aliphatic carbocycles. The summed E-state index contributed by atoms with van der Waals surface area (Å²) < 4.78 is 18.7. The van der Waals surface area contributed by atoms with Crippen LogP contribution in [0.4, 0.5) is 10.1 Å². The predicted molar refractivity (Wildman–Crippen MR) is 64.9 cm³/mol. The van der Waals surface area contributed by atoms with Gasteiger partial charge in [0.15, 0.2) is 0 Å². The molecule has 0 N–H and O–H groups in total. The number of rotatable bonds is 3. The van der Waals surface area contributed by atoms with E-state index in [0.29, 0.717) is 18.6 Å². The molecule has 100 valence electrons. The van der Waals surface area contributed by atoms with Gasteiger partial charge in [-0.1, -0.05) is 0 Å². The fraction of sp³-hybridized carbons (Fsp3) is 0.462. The van der Waals surface area contributed by atoms with Crippen LogP contribution in [0.15, 0.2) is 18.2 Å². The molecule has 5 nitrogen and oxygen atoms in total. The van der Waals surface area contributed by atoms with Crippen LogP contribution in [0.25, 0.3) is 0 Å².